The van der Waals surface area contributed by atoms with Crippen LogP contribution in [0.25, 0.3) is 0 Å². The second-order valence-corrected chi connectivity index (χ2v) is 5.99. The van der Waals surface area contributed by atoms with E-state index in [1.54, 1.807) is 0 Å². The third-order valence-electron chi connectivity index (χ3n) is 3.78. The van der Waals surface area contributed by atoms with Crippen molar-refractivity contribution in [2.75, 3.05) is 0 Å². The Morgan fingerprint density at radius 3 is 1.17 bits per heavy atom. The minimum atomic E-state index is -0.0620. The van der Waals surface area contributed by atoms with Crippen molar-refractivity contribution in [2.45, 2.75) is 20.3 Å². The van der Waals surface area contributed by atoms with E-state index in [0.29, 0.717) is 0 Å². The van der Waals surface area contributed by atoms with Gasteiger partial charge in [0.05, 0.1) is 11.4 Å². The van der Waals surface area contributed by atoms with E-state index in [9.17, 15) is 0 Å². The Balaban J connectivity index is 0.00000392. The molecule has 0 radical (unpaired) electrons. The molecule has 0 spiro atoms. The van der Waals surface area contributed by atoms with Crippen molar-refractivity contribution in [3.8, 4) is 0 Å². The first kappa shape index (κ1) is 25.9. The molecule has 0 unspecified atom stereocenters. The van der Waals surface area contributed by atoms with E-state index in [-0.39, 0.29) is 36.7 Å². The maximum Gasteiger partial charge on any atom is 0.211 e. The molecular weight excluding hydrogens is 411 g/mol. The average Bonchev–Trinajstić information content (AvgIpc) is 2.65. The van der Waals surface area contributed by atoms with E-state index in [0.717, 1.165) is 29.0 Å². The molecule has 2 aromatic carbocycles. The number of guanidine groups is 2. The predicted octanol–water partition coefficient (Wildman–Crippen LogP) is 2.12. The van der Waals surface area contributed by atoms with Gasteiger partial charge in [0.1, 0.15) is 0 Å². The molecule has 0 aliphatic rings. The molecule has 2 aromatic rings. The van der Waals surface area contributed by atoms with Gasteiger partial charge in [0.25, 0.3) is 0 Å². The van der Waals surface area contributed by atoms with E-state index in [2.05, 4.69) is 44.7 Å². The Labute approximate surface area is 182 Å². The van der Waals surface area contributed by atoms with Crippen LogP contribution in [0.1, 0.15) is 36.1 Å². The summed E-state index contributed by atoms with van der Waals surface area (Å²) in [5.41, 5.74) is 26.9. The zero-order valence-corrected chi connectivity index (χ0v) is 17.9. The van der Waals surface area contributed by atoms with Gasteiger partial charge in [-0.25, -0.2) is 0 Å². The van der Waals surface area contributed by atoms with Gasteiger partial charge in [-0.05, 0) is 42.5 Å². The lowest BCUT2D eigenvalue weighted by Crippen LogP contribution is -2.22. The van der Waals surface area contributed by atoms with Crippen LogP contribution in [0.4, 0.5) is 0 Å². The van der Waals surface area contributed by atoms with Gasteiger partial charge in [0.15, 0.2) is 0 Å². The second kappa shape index (κ2) is 12.4. The van der Waals surface area contributed by atoms with Crippen LogP contribution in [-0.2, 0) is 6.42 Å². The van der Waals surface area contributed by atoms with Gasteiger partial charge in [-0.2, -0.15) is 10.2 Å². The lowest BCUT2D eigenvalue weighted by Gasteiger charge is -2.06. The summed E-state index contributed by atoms with van der Waals surface area (Å²) < 4.78 is 0. The summed E-state index contributed by atoms with van der Waals surface area (Å²) in [6, 6.07) is 16.2. The fourth-order valence-corrected chi connectivity index (χ4v) is 2.34. The third kappa shape index (κ3) is 8.63. The SMILES string of the molecule is C/C(=N\N=C(N)N)c1ccc(Cc2ccc(/C(C)=N/N=C(N)N)cc2)cc1.Cl.Cl. The lowest BCUT2D eigenvalue weighted by atomic mass is 10.0. The molecule has 29 heavy (non-hydrogen) atoms. The summed E-state index contributed by atoms with van der Waals surface area (Å²) in [5, 5.41) is 15.3. The normalized spacial score (nSPS) is 11.0. The zero-order chi connectivity index (χ0) is 19.8. The summed E-state index contributed by atoms with van der Waals surface area (Å²) in [4.78, 5) is 0. The Hall–Kier alpha value is -3.10. The predicted molar refractivity (Wildman–Crippen MR) is 126 cm³/mol. The quantitative estimate of drug-likeness (QED) is 0.310. The summed E-state index contributed by atoms with van der Waals surface area (Å²) in [5.74, 6) is -0.124. The monoisotopic (exact) mass is 436 g/mol. The van der Waals surface area contributed by atoms with Gasteiger partial charge >= 0.3 is 0 Å². The van der Waals surface area contributed by atoms with E-state index in [1.165, 1.54) is 11.1 Å². The summed E-state index contributed by atoms with van der Waals surface area (Å²) in [7, 11) is 0. The van der Waals surface area contributed by atoms with E-state index < -0.39 is 0 Å². The highest BCUT2D eigenvalue weighted by molar-refractivity contribution is 5.99. The smallest absolute Gasteiger partial charge is 0.211 e. The average molecular weight is 437 g/mol. The van der Waals surface area contributed by atoms with Crippen molar-refractivity contribution in [1.29, 1.82) is 0 Å². The van der Waals surface area contributed by atoms with Crippen LogP contribution in [0.15, 0.2) is 68.9 Å². The van der Waals surface area contributed by atoms with Crippen LogP contribution >= 0.6 is 24.8 Å². The molecule has 0 fully saturated rings. The number of nitrogens with two attached hydrogens (primary N) is 4. The minimum absolute atomic E-state index is 0. The fourth-order valence-electron chi connectivity index (χ4n) is 2.34. The van der Waals surface area contributed by atoms with Crippen LogP contribution in [0.3, 0.4) is 0 Å². The van der Waals surface area contributed by atoms with Gasteiger partial charge in [-0.1, -0.05) is 48.5 Å². The number of rotatable bonds is 6. The van der Waals surface area contributed by atoms with E-state index >= 15 is 0 Å². The number of hydrogen-bond acceptors (Lipinski definition) is 4. The minimum Gasteiger partial charge on any atom is -0.369 e. The van der Waals surface area contributed by atoms with Crippen LogP contribution in [0.2, 0.25) is 0 Å². The number of halogens is 2. The van der Waals surface area contributed by atoms with Crippen LogP contribution < -0.4 is 22.9 Å². The van der Waals surface area contributed by atoms with Gasteiger partial charge in [0.2, 0.25) is 11.9 Å². The van der Waals surface area contributed by atoms with Crippen molar-refractivity contribution in [2.24, 2.45) is 43.3 Å². The van der Waals surface area contributed by atoms with Crippen molar-refractivity contribution in [1.82, 2.24) is 0 Å². The molecule has 0 bridgehead atoms. The fraction of sp³-hybridized carbons (Fsp3) is 0.158. The van der Waals surface area contributed by atoms with Crippen LogP contribution in [0, 0.1) is 0 Å². The third-order valence-corrected chi connectivity index (χ3v) is 3.78. The van der Waals surface area contributed by atoms with Crippen LogP contribution in [-0.4, -0.2) is 23.3 Å². The maximum atomic E-state index is 5.28. The number of nitrogens with zero attached hydrogens (tertiary/aromatic N) is 4. The first-order valence-electron chi connectivity index (χ1n) is 8.30. The van der Waals surface area contributed by atoms with Gasteiger partial charge in [-0.3, -0.25) is 0 Å². The van der Waals surface area contributed by atoms with E-state index in [4.69, 9.17) is 22.9 Å². The molecule has 2 rings (SSSR count). The molecule has 8 nitrogen and oxygen atoms in total. The maximum absolute atomic E-state index is 5.28. The Bertz CT molecular complexity index is 817. The molecule has 0 heterocycles. The van der Waals surface area contributed by atoms with Gasteiger partial charge in [0, 0.05) is 0 Å². The highest BCUT2D eigenvalue weighted by Gasteiger charge is 2.02. The van der Waals surface area contributed by atoms with Crippen molar-refractivity contribution >= 4 is 48.2 Å². The number of benzene rings is 2. The molecule has 0 saturated carbocycles. The van der Waals surface area contributed by atoms with Crippen molar-refractivity contribution < 1.29 is 0 Å². The molecule has 0 saturated heterocycles. The molecule has 8 N–H and O–H groups in total. The standard InChI is InChI=1S/C19H24N8.2ClH/c1-12(24-26-18(20)21)16-7-3-14(4-8-16)11-15-5-9-17(10-6-15)13(2)25-27-19(22)23;;/h3-10H,11H2,1-2H3,(H4,20,21,26)(H4,22,23,27);2*1H/b24-12+,25-13+;;. The first-order valence-corrected chi connectivity index (χ1v) is 8.30. The van der Waals surface area contributed by atoms with Gasteiger partial charge in [-0.15, -0.1) is 35.0 Å². The largest absolute Gasteiger partial charge is 0.369 e. The Morgan fingerprint density at radius 1 is 0.586 bits per heavy atom. The highest BCUT2D eigenvalue weighted by atomic mass is 35.5. The molecule has 0 aliphatic heterocycles. The summed E-state index contributed by atoms with van der Waals surface area (Å²) >= 11 is 0. The highest BCUT2D eigenvalue weighted by Crippen LogP contribution is 2.13. The lowest BCUT2D eigenvalue weighted by molar-refractivity contribution is 1.18. The first-order chi connectivity index (χ1) is 12.8. The molecule has 0 aliphatic carbocycles. The van der Waals surface area contributed by atoms with Gasteiger partial charge < -0.3 is 22.9 Å². The molecule has 0 amide bonds. The zero-order valence-electron chi connectivity index (χ0n) is 16.2. The molecule has 156 valence electrons. The summed E-state index contributed by atoms with van der Waals surface area (Å²) in [6.45, 7) is 3.71. The second-order valence-electron chi connectivity index (χ2n) is 5.99. The summed E-state index contributed by atoms with van der Waals surface area (Å²) in [6.07, 6.45) is 0.814. The Kier molecular flexibility index (Phi) is 11.1. The number of hydrogen-bond donors (Lipinski definition) is 4. The van der Waals surface area contributed by atoms with Crippen molar-refractivity contribution in [3.63, 3.8) is 0 Å². The molecular formula is C19H26Cl2N8. The molecule has 0 aromatic heterocycles. The molecule has 0 atom stereocenters. The van der Waals surface area contributed by atoms with Crippen LogP contribution in [0.5, 0.6) is 0 Å². The van der Waals surface area contributed by atoms with E-state index in [1.807, 2.05) is 38.1 Å². The topological polar surface area (TPSA) is 154 Å². The molecule has 10 heteroatoms. The van der Waals surface area contributed by atoms with Crippen molar-refractivity contribution in [3.05, 3.63) is 70.8 Å². The Morgan fingerprint density at radius 2 is 0.897 bits per heavy atom.